The molecule has 1 aromatic heterocycles. The standard InChI is InChI=1S/C16H22ClN5O2/c1-16(2,23-4)10-20-15(18-3)19-9-13-21-14(22-24-13)11-6-5-7-12(17)8-11/h5-8H,9-10H2,1-4H3,(H2,18,19,20). The molecule has 0 fully saturated rings. The summed E-state index contributed by atoms with van der Waals surface area (Å²) in [5, 5.41) is 10.9. The number of hydrogen-bond donors (Lipinski definition) is 2. The van der Waals surface area contributed by atoms with E-state index in [1.807, 2.05) is 26.0 Å². The molecule has 2 aromatic rings. The summed E-state index contributed by atoms with van der Waals surface area (Å²) >= 11 is 5.97. The van der Waals surface area contributed by atoms with Crippen LogP contribution in [0.5, 0.6) is 0 Å². The van der Waals surface area contributed by atoms with Crippen LogP contribution >= 0.6 is 11.6 Å². The molecule has 2 rings (SSSR count). The van der Waals surface area contributed by atoms with Crippen LogP contribution in [0.3, 0.4) is 0 Å². The Morgan fingerprint density at radius 3 is 2.83 bits per heavy atom. The number of rotatable bonds is 6. The van der Waals surface area contributed by atoms with Crippen molar-refractivity contribution < 1.29 is 9.26 Å². The van der Waals surface area contributed by atoms with Crippen molar-refractivity contribution >= 4 is 17.6 Å². The monoisotopic (exact) mass is 351 g/mol. The number of aliphatic imine (C=N–C) groups is 1. The van der Waals surface area contributed by atoms with Crippen LogP contribution in [0.4, 0.5) is 0 Å². The maximum Gasteiger partial charge on any atom is 0.246 e. The molecule has 0 radical (unpaired) electrons. The highest BCUT2D eigenvalue weighted by atomic mass is 35.5. The molecule has 0 amide bonds. The van der Waals surface area contributed by atoms with E-state index >= 15 is 0 Å². The van der Waals surface area contributed by atoms with Crippen molar-refractivity contribution in [3.05, 3.63) is 35.2 Å². The molecule has 24 heavy (non-hydrogen) atoms. The molecular formula is C16H22ClN5O2. The molecule has 0 aliphatic rings. The zero-order valence-electron chi connectivity index (χ0n) is 14.3. The van der Waals surface area contributed by atoms with Gasteiger partial charge in [-0.2, -0.15) is 4.98 Å². The van der Waals surface area contributed by atoms with Crippen molar-refractivity contribution in [2.45, 2.75) is 26.0 Å². The van der Waals surface area contributed by atoms with Crippen LogP contribution in [-0.4, -0.2) is 42.4 Å². The van der Waals surface area contributed by atoms with Gasteiger partial charge in [0.25, 0.3) is 0 Å². The Hall–Kier alpha value is -2.12. The third kappa shape index (κ3) is 5.21. The van der Waals surface area contributed by atoms with Crippen LogP contribution < -0.4 is 10.6 Å². The average molecular weight is 352 g/mol. The molecule has 0 saturated heterocycles. The van der Waals surface area contributed by atoms with E-state index in [1.54, 1.807) is 26.3 Å². The third-order valence-electron chi connectivity index (χ3n) is 3.42. The summed E-state index contributed by atoms with van der Waals surface area (Å²) in [5.41, 5.74) is 0.517. The molecule has 1 heterocycles. The van der Waals surface area contributed by atoms with E-state index in [-0.39, 0.29) is 5.60 Å². The maximum atomic E-state index is 5.97. The SMILES string of the molecule is CN=C(NCc1nc(-c2cccc(Cl)c2)no1)NCC(C)(C)OC. The smallest absolute Gasteiger partial charge is 0.246 e. The Morgan fingerprint density at radius 1 is 1.38 bits per heavy atom. The van der Waals surface area contributed by atoms with Gasteiger partial charge in [0, 0.05) is 31.3 Å². The highest BCUT2D eigenvalue weighted by Crippen LogP contribution is 2.19. The Bertz CT molecular complexity index is 699. The second-order valence-corrected chi connectivity index (χ2v) is 6.20. The lowest BCUT2D eigenvalue weighted by atomic mass is 10.1. The molecule has 130 valence electrons. The van der Waals surface area contributed by atoms with E-state index in [0.717, 1.165) is 5.56 Å². The van der Waals surface area contributed by atoms with Crippen molar-refractivity contribution in [1.82, 2.24) is 20.8 Å². The number of aromatic nitrogens is 2. The van der Waals surface area contributed by atoms with E-state index in [4.69, 9.17) is 20.9 Å². The topological polar surface area (TPSA) is 84.6 Å². The minimum atomic E-state index is -0.290. The fourth-order valence-corrected chi connectivity index (χ4v) is 2.01. The number of nitrogens with one attached hydrogen (secondary N) is 2. The van der Waals surface area contributed by atoms with E-state index in [1.165, 1.54) is 0 Å². The van der Waals surface area contributed by atoms with E-state index < -0.39 is 0 Å². The van der Waals surface area contributed by atoms with Crippen molar-refractivity contribution in [3.63, 3.8) is 0 Å². The summed E-state index contributed by atoms with van der Waals surface area (Å²) in [6, 6.07) is 7.30. The zero-order chi connectivity index (χ0) is 17.6. The lowest BCUT2D eigenvalue weighted by molar-refractivity contribution is 0.0268. The summed E-state index contributed by atoms with van der Waals surface area (Å²) in [5.74, 6) is 1.58. The van der Waals surface area contributed by atoms with Crippen molar-refractivity contribution in [1.29, 1.82) is 0 Å². The van der Waals surface area contributed by atoms with E-state index in [2.05, 4.69) is 25.8 Å². The molecule has 0 spiro atoms. The largest absolute Gasteiger partial charge is 0.377 e. The maximum absolute atomic E-state index is 5.97. The molecule has 0 unspecified atom stereocenters. The van der Waals surface area contributed by atoms with E-state index in [9.17, 15) is 0 Å². The first-order valence-electron chi connectivity index (χ1n) is 7.52. The number of ether oxygens (including phenoxy) is 1. The molecule has 0 aliphatic carbocycles. The lowest BCUT2D eigenvalue weighted by Crippen LogP contribution is -2.45. The summed E-state index contributed by atoms with van der Waals surface area (Å²) < 4.78 is 10.6. The van der Waals surface area contributed by atoms with Gasteiger partial charge in [-0.25, -0.2) is 0 Å². The first-order valence-corrected chi connectivity index (χ1v) is 7.89. The quantitative estimate of drug-likeness (QED) is 0.614. The Kier molecular flexibility index (Phi) is 6.16. The van der Waals surface area contributed by atoms with Crippen LogP contribution in [0.2, 0.25) is 5.02 Å². The van der Waals surface area contributed by atoms with Gasteiger partial charge >= 0.3 is 0 Å². The normalized spacial score (nSPS) is 12.3. The van der Waals surface area contributed by atoms with Crippen LogP contribution in [0, 0.1) is 0 Å². The van der Waals surface area contributed by atoms with Gasteiger partial charge in [-0.05, 0) is 26.0 Å². The molecule has 1 aromatic carbocycles. The van der Waals surface area contributed by atoms with Gasteiger partial charge in [0.2, 0.25) is 11.7 Å². The van der Waals surface area contributed by atoms with Crippen LogP contribution in [0.15, 0.2) is 33.8 Å². The Morgan fingerprint density at radius 2 is 2.17 bits per heavy atom. The second kappa shape index (κ2) is 8.12. The summed E-state index contributed by atoms with van der Waals surface area (Å²) in [4.78, 5) is 8.50. The fraction of sp³-hybridized carbons (Fsp3) is 0.438. The van der Waals surface area contributed by atoms with Gasteiger partial charge in [0.15, 0.2) is 5.96 Å². The molecule has 8 heteroatoms. The van der Waals surface area contributed by atoms with Crippen LogP contribution in [-0.2, 0) is 11.3 Å². The third-order valence-corrected chi connectivity index (χ3v) is 3.65. The summed E-state index contributed by atoms with van der Waals surface area (Å²) in [6.45, 7) is 4.95. The minimum Gasteiger partial charge on any atom is -0.377 e. The van der Waals surface area contributed by atoms with Gasteiger partial charge in [-0.15, -0.1) is 0 Å². The van der Waals surface area contributed by atoms with Crippen molar-refractivity contribution in [3.8, 4) is 11.4 Å². The number of methoxy groups -OCH3 is 1. The predicted octanol–water partition coefficient (Wildman–Crippen LogP) is 2.48. The molecule has 7 nitrogen and oxygen atoms in total. The summed E-state index contributed by atoms with van der Waals surface area (Å²) in [6.07, 6.45) is 0. The number of nitrogens with zero attached hydrogens (tertiary/aromatic N) is 3. The van der Waals surface area contributed by atoms with Crippen LogP contribution in [0.25, 0.3) is 11.4 Å². The van der Waals surface area contributed by atoms with Crippen molar-refractivity contribution in [2.75, 3.05) is 20.7 Å². The number of halogens is 1. The lowest BCUT2D eigenvalue weighted by Gasteiger charge is -2.24. The average Bonchev–Trinajstić information content (AvgIpc) is 3.04. The number of guanidine groups is 1. The molecule has 2 N–H and O–H groups in total. The molecule has 0 bridgehead atoms. The zero-order valence-corrected chi connectivity index (χ0v) is 15.0. The highest BCUT2D eigenvalue weighted by Gasteiger charge is 2.17. The Labute approximate surface area is 146 Å². The van der Waals surface area contributed by atoms with Gasteiger partial charge in [-0.1, -0.05) is 28.9 Å². The highest BCUT2D eigenvalue weighted by molar-refractivity contribution is 6.30. The molecular weight excluding hydrogens is 330 g/mol. The Balaban J connectivity index is 1.92. The summed E-state index contributed by atoms with van der Waals surface area (Å²) in [7, 11) is 3.37. The molecule has 0 saturated carbocycles. The first-order chi connectivity index (χ1) is 11.4. The van der Waals surface area contributed by atoms with E-state index in [0.29, 0.717) is 35.8 Å². The second-order valence-electron chi connectivity index (χ2n) is 5.77. The minimum absolute atomic E-state index is 0.290. The molecule has 0 atom stereocenters. The first kappa shape index (κ1) is 18.2. The van der Waals surface area contributed by atoms with Gasteiger partial charge < -0.3 is 19.9 Å². The van der Waals surface area contributed by atoms with Gasteiger partial charge in [0.05, 0.1) is 12.1 Å². The predicted molar refractivity (Wildman–Crippen MR) is 94.0 cm³/mol. The number of benzene rings is 1. The van der Waals surface area contributed by atoms with Crippen LogP contribution in [0.1, 0.15) is 19.7 Å². The van der Waals surface area contributed by atoms with Gasteiger partial charge in [0.1, 0.15) is 0 Å². The molecule has 0 aliphatic heterocycles. The van der Waals surface area contributed by atoms with Crippen molar-refractivity contribution in [2.24, 2.45) is 4.99 Å². The fourth-order valence-electron chi connectivity index (χ4n) is 1.82. The number of hydrogen-bond acceptors (Lipinski definition) is 5. The van der Waals surface area contributed by atoms with Gasteiger partial charge in [-0.3, -0.25) is 4.99 Å².